The Bertz CT molecular complexity index is 966. The van der Waals surface area contributed by atoms with Gasteiger partial charge in [-0.05, 0) is 71.8 Å². The van der Waals surface area contributed by atoms with Crippen LogP contribution in [0, 0.1) is 5.92 Å². The molecule has 4 rings (SSSR count). The maximum atomic E-state index is 12.5. The molecular formula is C32H51N3O6. The number of allylic oxidation sites excluding steroid dienone is 3. The number of aliphatic hydroxyl groups excluding tert-OH is 1. The second-order valence-electron chi connectivity index (χ2n) is 13.0. The van der Waals surface area contributed by atoms with Gasteiger partial charge in [0.1, 0.15) is 6.10 Å². The van der Waals surface area contributed by atoms with Gasteiger partial charge in [-0.2, -0.15) is 0 Å². The normalized spacial score (nSPS) is 31.5. The number of carbonyl (C=O) groups is 2. The molecule has 1 spiro atoms. The number of piperazine rings is 1. The first-order valence-electron chi connectivity index (χ1n) is 15.5. The van der Waals surface area contributed by atoms with Gasteiger partial charge in [0.05, 0.1) is 30.5 Å². The predicted octanol–water partition coefficient (Wildman–Crippen LogP) is 3.97. The molecule has 4 fully saturated rings. The molecule has 0 unspecified atom stereocenters. The van der Waals surface area contributed by atoms with E-state index in [1.54, 1.807) is 17.9 Å². The Labute approximate surface area is 245 Å². The number of nitrogens with one attached hydrogen (secondary N) is 1. The molecule has 3 atom stereocenters. The van der Waals surface area contributed by atoms with Gasteiger partial charge in [0.2, 0.25) is 5.91 Å². The summed E-state index contributed by atoms with van der Waals surface area (Å²) in [6.45, 7) is 12.4. The fraction of sp³-hybridized carbons (Fsp3) is 0.750. The molecule has 1 aliphatic carbocycles. The molecule has 3 heterocycles. The van der Waals surface area contributed by atoms with Crippen LogP contribution in [0.2, 0.25) is 0 Å². The summed E-state index contributed by atoms with van der Waals surface area (Å²) in [5.74, 6) is 0.501. The molecule has 0 radical (unpaired) electrons. The largest absolute Gasteiger partial charge is 0.442 e. The highest BCUT2D eigenvalue weighted by atomic mass is 16.6. The lowest BCUT2D eigenvalue weighted by Gasteiger charge is -2.38. The average Bonchev–Trinajstić information content (AvgIpc) is 3.67. The summed E-state index contributed by atoms with van der Waals surface area (Å²) in [4.78, 5) is 28.7. The Hall–Kier alpha value is -2.20. The topological polar surface area (TPSA) is 104 Å². The van der Waals surface area contributed by atoms with Crippen molar-refractivity contribution < 1.29 is 28.9 Å². The molecule has 3 saturated heterocycles. The van der Waals surface area contributed by atoms with Crippen molar-refractivity contribution in [2.45, 2.75) is 102 Å². The second-order valence-corrected chi connectivity index (χ2v) is 13.0. The van der Waals surface area contributed by atoms with Gasteiger partial charge in [-0.1, -0.05) is 23.8 Å². The van der Waals surface area contributed by atoms with Crippen molar-refractivity contribution in [1.29, 1.82) is 0 Å². The molecule has 1 saturated carbocycles. The number of hydrogen-bond acceptors (Lipinski definition) is 7. The Balaban J connectivity index is 1.10. The average molecular weight is 574 g/mol. The molecule has 0 aromatic rings. The van der Waals surface area contributed by atoms with E-state index in [9.17, 15) is 9.59 Å². The van der Waals surface area contributed by atoms with Crippen LogP contribution in [0.3, 0.4) is 0 Å². The fourth-order valence-electron chi connectivity index (χ4n) is 6.40. The van der Waals surface area contributed by atoms with E-state index in [1.165, 1.54) is 11.6 Å². The van der Waals surface area contributed by atoms with E-state index in [-0.39, 0.29) is 42.0 Å². The van der Waals surface area contributed by atoms with Crippen LogP contribution in [0.25, 0.3) is 0 Å². The number of nitrogens with zero attached hydrogens (tertiary/aromatic N) is 2. The smallest absolute Gasteiger partial charge is 0.410 e. The molecule has 0 bridgehead atoms. The number of ether oxygens (including phenoxy) is 3. The van der Waals surface area contributed by atoms with Crippen LogP contribution in [0.15, 0.2) is 36.0 Å². The van der Waals surface area contributed by atoms with E-state index in [0.29, 0.717) is 25.6 Å². The molecule has 2 amide bonds. The first-order valence-corrected chi connectivity index (χ1v) is 15.5. The lowest BCUT2D eigenvalue weighted by atomic mass is 9.83. The number of aliphatic hydroxyl groups is 1. The van der Waals surface area contributed by atoms with Gasteiger partial charge >= 0.3 is 6.09 Å². The van der Waals surface area contributed by atoms with Crippen molar-refractivity contribution in [3.8, 4) is 0 Å². The van der Waals surface area contributed by atoms with E-state index in [4.69, 9.17) is 19.3 Å². The molecule has 9 nitrogen and oxygen atoms in total. The van der Waals surface area contributed by atoms with E-state index in [2.05, 4.69) is 49.2 Å². The minimum absolute atomic E-state index is 0.0429. The summed E-state index contributed by atoms with van der Waals surface area (Å²) in [5, 5.41) is 12.2. The van der Waals surface area contributed by atoms with Crippen LogP contribution >= 0.6 is 0 Å². The van der Waals surface area contributed by atoms with Crippen molar-refractivity contribution in [1.82, 2.24) is 15.1 Å². The van der Waals surface area contributed by atoms with Crippen LogP contribution in [0.5, 0.6) is 0 Å². The van der Waals surface area contributed by atoms with E-state index in [1.807, 2.05) is 0 Å². The van der Waals surface area contributed by atoms with Gasteiger partial charge < -0.3 is 29.5 Å². The van der Waals surface area contributed by atoms with Crippen molar-refractivity contribution in [3.63, 3.8) is 0 Å². The summed E-state index contributed by atoms with van der Waals surface area (Å²) in [6.07, 6.45) is 16.2. The van der Waals surface area contributed by atoms with Gasteiger partial charge in [-0.15, -0.1) is 0 Å². The summed E-state index contributed by atoms with van der Waals surface area (Å²) in [6, 6.07) is 0.185. The van der Waals surface area contributed by atoms with Gasteiger partial charge in [0.15, 0.2) is 0 Å². The zero-order valence-electron chi connectivity index (χ0n) is 25.5. The van der Waals surface area contributed by atoms with Crippen molar-refractivity contribution in [3.05, 3.63) is 36.0 Å². The van der Waals surface area contributed by atoms with Gasteiger partial charge in [0, 0.05) is 57.7 Å². The number of epoxide rings is 1. The van der Waals surface area contributed by atoms with Crippen LogP contribution < -0.4 is 5.32 Å². The fourth-order valence-corrected chi connectivity index (χ4v) is 6.40. The maximum Gasteiger partial charge on any atom is 0.410 e. The number of amides is 2. The lowest BCUT2D eigenvalue weighted by Crippen LogP contribution is -2.49. The highest BCUT2D eigenvalue weighted by Gasteiger charge is 2.53. The maximum absolute atomic E-state index is 12.5. The van der Waals surface area contributed by atoms with E-state index < -0.39 is 6.10 Å². The highest BCUT2D eigenvalue weighted by Crippen LogP contribution is 2.46. The minimum Gasteiger partial charge on any atom is -0.442 e. The summed E-state index contributed by atoms with van der Waals surface area (Å²) in [5.41, 5.74) is 1.16. The molecule has 3 aliphatic heterocycles. The standard InChI is InChI=1S/C32H51N3O6/c1-24(6-13-28-21-32(23-39-32)22-31(3,4)41-28)5-8-26-9-11-27(12-10-26)33-29(37)14-7-25(2)40-30(38)35-17-15-34(16-18-35)19-20-36/h5-7,13-14,25-28,36H,8-12,15-23H2,1-4H3,(H,33,37)/b13-6+,14-7-,24-5+/t25-,26-,27-,28+,32+/m0/s1. The molecule has 9 heteroatoms. The van der Waals surface area contributed by atoms with E-state index >= 15 is 0 Å². The Kier molecular flexibility index (Phi) is 11.1. The molecule has 230 valence electrons. The molecule has 4 aliphatic rings. The number of hydrogen-bond donors (Lipinski definition) is 2. The second kappa shape index (κ2) is 14.3. The SMILES string of the molecule is CC(/C=C/[C@@H]1C[C@]2(CO2)CC(C)(C)O1)=C\C[C@H]1CC[C@H](NC(=O)/C=C\[C@H](C)OC(=O)N2CCN(CCO)CC2)CC1. The third kappa shape index (κ3) is 10.2. The quantitative estimate of drug-likeness (QED) is 0.232. The summed E-state index contributed by atoms with van der Waals surface area (Å²) < 4.78 is 17.5. The van der Waals surface area contributed by atoms with Crippen molar-refractivity contribution >= 4 is 12.0 Å². The van der Waals surface area contributed by atoms with Gasteiger partial charge in [0.25, 0.3) is 0 Å². The minimum atomic E-state index is -0.483. The third-order valence-corrected chi connectivity index (χ3v) is 8.74. The first kappa shape index (κ1) is 31.7. The summed E-state index contributed by atoms with van der Waals surface area (Å²) in [7, 11) is 0. The Morgan fingerprint density at radius 2 is 1.83 bits per heavy atom. The third-order valence-electron chi connectivity index (χ3n) is 8.74. The van der Waals surface area contributed by atoms with Gasteiger partial charge in [-0.25, -0.2) is 4.79 Å². The molecule has 0 aromatic heterocycles. The highest BCUT2D eigenvalue weighted by molar-refractivity contribution is 5.87. The number of rotatable bonds is 10. The van der Waals surface area contributed by atoms with Crippen molar-refractivity contribution in [2.75, 3.05) is 45.9 Å². The van der Waals surface area contributed by atoms with Crippen molar-refractivity contribution in [2.24, 2.45) is 5.92 Å². The van der Waals surface area contributed by atoms with E-state index in [0.717, 1.165) is 64.6 Å². The van der Waals surface area contributed by atoms with Gasteiger partial charge in [-0.3, -0.25) is 9.69 Å². The summed E-state index contributed by atoms with van der Waals surface area (Å²) >= 11 is 0. The Morgan fingerprint density at radius 3 is 2.49 bits per heavy atom. The van der Waals surface area contributed by atoms with Crippen LogP contribution in [0.4, 0.5) is 4.79 Å². The predicted molar refractivity (Wildman–Crippen MR) is 158 cm³/mol. The van der Waals surface area contributed by atoms with Crippen LogP contribution in [-0.2, 0) is 19.0 Å². The number of β-amino-alcohol motifs (C(OH)–C–C–N with tert-alkyl or cyclic N) is 1. The monoisotopic (exact) mass is 573 g/mol. The van der Waals surface area contributed by atoms with Crippen LogP contribution in [0.1, 0.15) is 72.6 Å². The zero-order valence-corrected chi connectivity index (χ0v) is 25.5. The molecular weight excluding hydrogens is 522 g/mol. The molecule has 2 N–H and O–H groups in total. The lowest BCUT2D eigenvalue weighted by molar-refractivity contribution is -0.117. The first-order chi connectivity index (χ1) is 19.5. The Morgan fingerprint density at radius 1 is 1.12 bits per heavy atom. The van der Waals surface area contributed by atoms with Crippen LogP contribution in [-0.4, -0.2) is 102 Å². The number of carbonyl (C=O) groups excluding carboxylic acids is 2. The molecule has 41 heavy (non-hydrogen) atoms. The zero-order chi connectivity index (χ0) is 29.5. The molecule has 0 aromatic carbocycles.